The molecule has 0 radical (unpaired) electrons. The van der Waals surface area contributed by atoms with Crippen molar-refractivity contribution >= 4 is 24.0 Å². The molecule has 6 nitrogen and oxygen atoms in total. The Morgan fingerprint density at radius 2 is 2.24 bits per heavy atom. The van der Waals surface area contributed by atoms with E-state index in [2.05, 4.69) is 27.7 Å². The monoisotopic (exact) mass is 364 g/mol. The number of piperidine rings is 1. The summed E-state index contributed by atoms with van der Waals surface area (Å²) < 4.78 is 5.29. The maximum atomic E-state index is 12.6. The number of rotatable bonds is 4. The van der Waals surface area contributed by atoms with Gasteiger partial charge in [-0.05, 0) is 50.9 Å². The van der Waals surface area contributed by atoms with Crippen LogP contribution in [0, 0.1) is 12.8 Å². The molecule has 0 spiro atoms. The van der Waals surface area contributed by atoms with Gasteiger partial charge in [-0.2, -0.15) is 4.98 Å². The first-order valence-corrected chi connectivity index (χ1v) is 8.54. The Balaban J connectivity index is 0.00000225. The minimum absolute atomic E-state index is 0. The van der Waals surface area contributed by atoms with Crippen molar-refractivity contribution in [2.24, 2.45) is 5.92 Å². The van der Waals surface area contributed by atoms with E-state index < -0.39 is 0 Å². The number of carbonyl (C=O) groups is 1. The second-order valence-electron chi connectivity index (χ2n) is 6.46. The van der Waals surface area contributed by atoms with E-state index in [0.717, 1.165) is 42.6 Å². The van der Waals surface area contributed by atoms with Gasteiger partial charge in [0.15, 0.2) is 5.82 Å². The van der Waals surface area contributed by atoms with Gasteiger partial charge in [0.2, 0.25) is 5.91 Å². The van der Waals surface area contributed by atoms with E-state index in [1.807, 2.05) is 32.0 Å². The van der Waals surface area contributed by atoms with E-state index in [1.165, 1.54) is 0 Å². The fraction of sp³-hybridized carbons (Fsp3) is 0.500. The van der Waals surface area contributed by atoms with Crippen molar-refractivity contribution in [1.29, 1.82) is 0 Å². The van der Waals surface area contributed by atoms with Crippen molar-refractivity contribution in [1.82, 2.24) is 15.5 Å². The maximum Gasteiger partial charge on any atom is 0.257 e. The van der Waals surface area contributed by atoms with Gasteiger partial charge in [0.25, 0.3) is 5.89 Å². The lowest BCUT2D eigenvalue weighted by molar-refractivity contribution is -0.120. The summed E-state index contributed by atoms with van der Waals surface area (Å²) in [7, 11) is 0. The van der Waals surface area contributed by atoms with E-state index in [-0.39, 0.29) is 24.2 Å². The topological polar surface area (TPSA) is 80.0 Å². The second-order valence-corrected chi connectivity index (χ2v) is 6.46. The van der Waals surface area contributed by atoms with Gasteiger partial charge in [-0.3, -0.25) is 4.79 Å². The number of amides is 1. The van der Waals surface area contributed by atoms with E-state index in [9.17, 15) is 4.79 Å². The zero-order valence-electron chi connectivity index (χ0n) is 14.8. The Kier molecular flexibility index (Phi) is 6.56. The van der Waals surface area contributed by atoms with Crippen molar-refractivity contribution in [3.63, 3.8) is 0 Å². The number of nitrogens with one attached hydrogen (secondary N) is 2. The molecule has 1 fully saturated rings. The molecule has 2 aromatic rings. The molecule has 136 valence electrons. The third-order valence-corrected chi connectivity index (χ3v) is 4.52. The summed E-state index contributed by atoms with van der Waals surface area (Å²) in [4.78, 5) is 16.9. The van der Waals surface area contributed by atoms with Crippen molar-refractivity contribution in [3.05, 3.63) is 29.6 Å². The normalized spacial score (nSPS) is 20.0. The minimum Gasteiger partial charge on any atom is -0.334 e. The Labute approximate surface area is 154 Å². The molecule has 3 rings (SSSR count). The van der Waals surface area contributed by atoms with Gasteiger partial charge in [0.05, 0.1) is 0 Å². The average Bonchev–Trinajstić information content (AvgIpc) is 3.06. The zero-order chi connectivity index (χ0) is 17.1. The van der Waals surface area contributed by atoms with Crippen LogP contribution in [0.15, 0.2) is 22.7 Å². The summed E-state index contributed by atoms with van der Waals surface area (Å²) in [5.41, 5.74) is 2.64. The quantitative estimate of drug-likeness (QED) is 0.869. The van der Waals surface area contributed by atoms with Crippen LogP contribution >= 0.6 is 12.4 Å². The molecule has 0 aliphatic carbocycles. The van der Waals surface area contributed by atoms with Crippen LogP contribution < -0.4 is 10.6 Å². The molecule has 1 amide bonds. The molecule has 25 heavy (non-hydrogen) atoms. The molecule has 0 bridgehead atoms. The molecule has 2 heterocycles. The lowest BCUT2D eigenvalue weighted by Crippen LogP contribution is -2.40. The largest absolute Gasteiger partial charge is 0.334 e. The molecule has 1 aliphatic rings. The number of hydrogen-bond acceptors (Lipinski definition) is 5. The molecule has 1 aromatic heterocycles. The number of carbonyl (C=O) groups excluding carboxylic acids is 1. The van der Waals surface area contributed by atoms with Crippen molar-refractivity contribution in [3.8, 4) is 11.5 Å². The number of halogens is 1. The Morgan fingerprint density at radius 3 is 2.92 bits per heavy atom. The third kappa shape index (κ3) is 4.58. The highest BCUT2D eigenvalue weighted by Gasteiger charge is 2.25. The third-order valence-electron chi connectivity index (χ3n) is 4.52. The smallest absolute Gasteiger partial charge is 0.257 e. The zero-order valence-corrected chi connectivity index (χ0v) is 15.7. The van der Waals surface area contributed by atoms with Crippen molar-refractivity contribution < 1.29 is 9.32 Å². The molecular formula is C18H25ClN4O2. The highest BCUT2D eigenvalue weighted by atomic mass is 35.5. The Bertz CT molecular complexity index is 732. The summed E-state index contributed by atoms with van der Waals surface area (Å²) in [5.74, 6) is 1.31. The van der Waals surface area contributed by atoms with Crippen LogP contribution in [0.3, 0.4) is 0 Å². The van der Waals surface area contributed by atoms with E-state index in [4.69, 9.17) is 4.52 Å². The molecule has 7 heteroatoms. The van der Waals surface area contributed by atoms with Crippen LogP contribution in [0.2, 0.25) is 0 Å². The molecule has 2 atom stereocenters. The summed E-state index contributed by atoms with van der Waals surface area (Å²) in [6.07, 6.45) is 2.47. The average molecular weight is 365 g/mol. The first-order valence-electron chi connectivity index (χ1n) is 8.54. The number of benzene rings is 1. The van der Waals surface area contributed by atoms with Gasteiger partial charge in [-0.25, -0.2) is 0 Å². The van der Waals surface area contributed by atoms with Crippen LogP contribution in [-0.2, 0) is 11.2 Å². The van der Waals surface area contributed by atoms with Gasteiger partial charge in [0, 0.05) is 29.6 Å². The van der Waals surface area contributed by atoms with Gasteiger partial charge in [-0.15, -0.1) is 12.4 Å². The van der Waals surface area contributed by atoms with Gasteiger partial charge in [0.1, 0.15) is 0 Å². The lowest BCUT2D eigenvalue weighted by Gasteiger charge is -2.27. The SMILES string of the molecule is CCc1noc(-c2ccc(C)c(NC(=O)[C@H]3CCN[C@@H](C)C3)c2)n1.Cl. The Morgan fingerprint density at radius 1 is 1.44 bits per heavy atom. The predicted octanol–water partition coefficient (Wildman–Crippen LogP) is 3.36. The van der Waals surface area contributed by atoms with Crippen LogP contribution in [0.4, 0.5) is 5.69 Å². The molecule has 1 aliphatic heterocycles. The summed E-state index contributed by atoms with van der Waals surface area (Å²) in [5, 5.41) is 10.4. The van der Waals surface area contributed by atoms with Crippen LogP contribution in [-0.4, -0.2) is 28.6 Å². The highest BCUT2D eigenvalue weighted by molar-refractivity contribution is 5.94. The first-order chi connectivity index (χ1) is 11.6. The van der Waals surface area contributed by atoms with Gasteiger partial charge >= 0.3 is 0 Å². The molecule has 1 saturated heterocycles. The van der Waals surface area contributed by atoms with E-state index in [0.29, 0.717) is 17.8 Å². The summed E-state index contributed by atoms with van der Waals surface area (Å²) in [6, 6.07) is 6.19. The van der Waals surface area contributed by atoms with Crippen molar-refractivity contribution in [2.75, 3.05) is 11.9 Å². The second kappa shape index (κ2) is 8.45. The lowest BCUT2D eigenvalue weighted by atomic mass is 9.92. The highest BCUT2D eigenvalue weighted by Crippen LogP contribution is 2.26. The summed E-state index contributed by atoms with van der Waals surface area (Å²) >= 11 is 0. The molecule has 2 N–H and O–H groups in total. The van der Waals surface area contributed by atoms with E-state index >= 15 is 0 Å². The molecule has 0 unspecified atom stereocenters. The standard InChI is InChI=1S/C18H24N4O2.ClH/c1-4-16-21-18(24-22-16)14-6-5-11(2)15(10-14)20-17(23)13-7-8-19-12(3)9-13;/h5-6,10,12-13,19H,4,7-9H2,1-3H3,(H,20,23);1H/t12-,13-;/m0./s1. The Hall–Kier alpha value is -1.92. The molecule has 1 aromatic carbocycles. The van der Waals surface area contributed by atoms with Crippen LogP contribution in [0.25, 0.3) is 11.5 Å². The predicted molar refractivity (Wildman–Crippen MR) is 99.9 cm³/mol. The first kappa shape index (κ1) is 19.4. The van der Waals surface area contributed by atoms with Crippen LogP contribution in [0.1, 0.15) is 38.1 Å². The molecule has 0 saturated carbocycles. The van der Waals surface area contributed by atoms with Gasteiger partial charge in [-0.1, -0.05) is 18.1 Å². The van der Waals surface area contributed by atoms with Crippen molar-refractivity contribution in [2.45, 2.75) is 46.1 Å². The minimum atomic E-state index is 0. The van der Waals surface area contributed by atoms with Gasteiger partial charge < -0.3 is 15.2 Å². The maximum absolute atomic E-state index is 12.6. The molecular weight excluding hydrogens is 340 g/mol. The van der Waals surface area contributed by atoms with Crippen LogP contribution in [0.5, 0.6) is 0 Å². The number of nitrogens with zero attached hydrogens (tertiary/aromatic N) is 2. The number of aryl methyl sites for hydroxylation is 2. The number of anilines is 1. The number of hydrogen-bond donors (Lipinski definition) is 2. The number of aromatic nitrogens is 2. The van der Waals surface area contributed by atoms with E-state index in [1.54, 1.807) is 0 Å². The fourth-order valence-electron chi connectivity index (χ4n) is 3.01. The fourth-order valence-corrected chi connectivity index (χ4v) is 3.01. The summed E-state index contributed by atoms with van der Waals surface area (Å²) in [6.45, 7) is 6.97.